The molecule has 178 valence electrons. The first-order valence-electron chi connectivity index (χ1n) is 12.4. The number of rotatable bonds is 5. The van der Waals surface area contributed by atoms with Gasteiger partial charge in [-0.1, -0.05) is 42.5 Å². The summed E-state index contributed by atoms with van der Waals surface area (Å²) in [5.41, 5.74) is 4.91. The van der Waals surface area contributed by atoms with E-state index < -0.39 is 0 Å². The van der Waals surface area contributed by atoms with Gasteiger partial charge in [0.05, 0.1) is 0 Å². The van der Waals surface area contributed by atoms with Gasteiger partial charge < -0.3 is 24.8 Å². The number of nitrogens with one attached hydrogen (secondary N) is 2. The van der Waals surface area contributed by atoms with E-state index in [2.05, 4.69) is 76.0 Å². The number of aromatic amines is 1. The fourth-order valence-electron chi connectivity index (χ4n) is 5.24. The molecule has 0 atom stereocenters. The van der Waals surface area contributed by atoms with Crippen LogP contribution in [0.25, 0.3) is 27.2 Å². The van der Waals surface area contributed by atoms with Gasteiger partial charge in [0.1, 0.15) is 5.75 Å². The molecule has 6 rings (SSSR count). The molecule has 0 aliphatic carbocycles. The zero-order chi connectivity index (χ0) is 23.6. The number of aromatic nitrogens is 1. The number of anilines is 1. The quantitative estimate of drug-likeness (QED) is 0.457. The summed E-state index contributed by atoms with van der Waals surface area (Å²) in [5.74, 6) is 0.772. The minimum Gasteiger partial charge on any atom is -0.484 e. The predicted octanol–water partition coefficient (Wildman–Crippen LogP) is 4.43. The van der Waals surface area contributed by atoms with E-state index in [-0.39, 0.29) is 12.5 Å². The highest BCUT2D eigenvalue weighted by atomic mass is 16.5. The zero-order valence-corrected chi connectivity index (χ0v) is 19.8. The number of benzene rings is 3. The predicted molar refractivity (Wildman–Crippen MR) is 142 cm³/mol. The van der Waals surface area contributed by atoms with E-state index >= 15 is 0 Å². The first-order valence-corrected chi connectivity index (χ1v) is 12.4. The van der Waals surface area contributed by atoms with Crippen molar-refractivity contribution >= 4 is 38.8 Å². The molecule has 2 N–H and O–H groups in total. The summed E-state index contributed by atoms with van der Waals surface area (Å²) < 4.78 is 5.96. The standard InChI is InChI=1S/C29H30N4O2/c34-29(33-16-14-32(15-17-33)28-7-3-5-21-4-1-2-6-24(21)28)20-35-23-8-9-27-25(18-23)26(19-31-27)22-10-12-30-13-11-22/h1-10,18-19,30-31H,11-17,20H2. The summed E-state index contributed by atoms with van der Waals surface area (Å²) in [6, 6.07) is 20.9. The Morgan fingerprint density at radius 3 is 2.66 bits per heavy atom. The number of amides is 1. The molecule has 1 amide bonds. The fraction of sp³-hybridized carbons (Fsp3) is 0.276. The highest BCUT2D eigenvalue weighted by Crippen LogP contribution is 2.31. The van der Waals surface area contributed by atoms with Crippen molar-refractivity contribution in [2.45, 2.75) is 6.42 Å². The second-order valence-corrected chi connectivity index (χ2v) is 9.25. The smallest absolute Gasteiger partial charge is 0.260 e. The summed E-state index contributed by atoms with van der Waals surface area (Å²) in [6.45, 7) is 5.01. The molecule has 0 radical (unpaired) electrons. The molecule has 35 heavy (non-hydrogen) atoms. The van der Waals surface area contributed by atoms with Crippen molar-refractivity contribution in [1.82, 2.24) is 15.2 Å². The average molecular weight is 467 g/mol. The molecule has 6 heteroatoms. The van der Waals surface area contributed by atoms with Crippen molar-refractivity contribution in [2.75, 3.05) is 50.8 Å². The van der Waals surface area contributed by atoms with Crippen LogP contribution < -0.4 is 15.0 Å². The highest BCUT2D eigenvalue weighted by Gasteiger charge is 2.22. The Kier molecular flexibility index (Phi) is 5.88. The SMILES string of the molecule is O=C(COc1ccc2[nH]cc(C3=CCNCC3)c2c1)N1CCN(c2cccc3ccccc23)CC1. The van der Waals surface area contributed by atoms with Crippen molar-refractivity contribution in [2.24, 2.45) is 0 Å². The lowest BCUT2D eigenvalue weighted by atomic mass is 10.00. The molecular formula is C29H30N4O2. The number of fused-ring (bicyclic) bond motifs is 2. The molecule has 2 aliphatic rings. The number of piperazine rings is 1. The number of hydrogen-bond acceptors (Lipinski definition) is 4. The minimum atomic E-state index is 0.0398. The van der Waals surface area contributed by atoms with Crippen LogP contribution in [0.2, 0.25) is 0 Å². The number of hydrogen-bond donors (Lipinski definition) is 2. The van der Waals surface area contributed by atoms with Crippen molar-refractivity contribution < 1.29 is 9.53 Å². The maximum atomic E-state index is 12.9. The Morgan fingerprint density at radius 2 is 1.80 bits per heavy atom. The second kappa shape index (κ2) is 9.47. The summed E-state index contributed by atoms with van der Waals surface area (Å²) >= 11 is 0. The Labute approximate surface area is 205 Å². The van der Waals surface area contributed by atoms with Crippen LogP contribution in [0.1, 0.15) is 12.0 Å². The van der Waals surface area contributed by atoms with Crippen LogP contribution in [-0.2, 0) is 4.79 Å². The van der Waals surface area contributed by atoms with E-state index in [0.717, 1.165) is 49.3 Å². The maximum Gasteiger partial charge on any atom is 0.260 e. The van der Waals surface area contributed by atoms with Crippen molar-refractivity contribution in [3.8, 4) is 5.75 Å². The fourth-order valence-corrected chi connectivity index (χ4v) is 5.24. The van der Waals surface area contributed by atoms with E-state index in [1.54, 1.807) is 0 Å². The first-order chi connectivity index (χ1) is 17.3. The van der Waals surface area contributed by atoms with Crippen molar-refractivity contribution in [3.05, 3.63) is 78.5 Å². The third kappa shape index (κ3) is 4.37. The molecule has 1 fully saturated rings. The van der Waals surface area contributed by atoms with Crippen LogP contribution >= 0.6 is 0 Å². The maximum absolute atomic E-state index is 12.9. The van der Waals surface area contributed by atoms with Crippen molar-refractivity contribution in [1.29, 1.82) is 0 Å². The topological polar surface area (TPSA) is 60.6 Å². The third-order valence-corrected chi connectivity index (χ3v) is 7.17. The normalized spacial score (nSPS) is 16.5. The van der Waals surface area contributed by atoms with E-state index in [0.29, 0.717) is 13.1 Å². The minimum absolute atomic E-state index is 0.0398. The summed E-state index contributed by atoms with van der Waals surface area (Å²) in [7, 11) is 0. The van der Waals surface area contributed by atoms with E-state index in [1.165, 1.54) is 27.6 Å². The molecule has 2 aliphatic heterocycles. The van der Waals surface area contributed by atoms with Gasteiger partial charge in [0, 0.05) is 66.5 Å². The number of H-pyrrole nitrogens is 1. The molecule has 4 aromatic rings. The average Bonchev–Trinajstić information content (AvgIpc) is 3.35. The molecule has 3 heterocycles. The van der Waals surface area contributed by atoms with Gasteiger partial charge in [-0.15, -0.1) is 0 Å². The Balaban J connectivity index is 1.09. The van der Waals surface area contributed by atoms with Crippen LogP contribution in [0.3, 0.4) is 0 Å². The van der Waals surface area contributed by atoms with E-state index in [4.69, 9.17) is 4.74 Å². The van der Waals surface area contributed by atoms with Gasteiger partial charge in [0.25, 0.3) is 5.91 Å². The van der Waals surface area contributed by atoms with Gasteiger partial charge in [-0.2, -0.15) is 0 Å². The first kappa shape index (κ1) is 21.7. The number of ether oxygens (including phenoxy) is 1. The zero-order valence-electron chi connectivity index (χ0n) is 19.8. The molecule has 0 saturated carbocycles. The van der Waals surface area contributed by atoms with Gasteiger partial charge in [0.2, 0.25) is 0 Å². The van der Waals surface area contributed by atoms with Crippen LogP contribution in [0, 0.1) is 0 Å². The highest BCUT2D eigenvalue weighted by molar-refractivity contribution is 5.95. The number of carbonyl (C=O) groups excluding carboxylic acids is 1. The van der Waals surface area contributed by atoms with E-state index in [9.17, 15) is 4.79 Å². The number of nitrogens with zero attached hydrogens (tertiary/aromatic N) is 2. The van der Waals surface area contributed by atoms with E-state index in [1.807, 2.05) is 17.0 Å². The number of carbonyl (C=O) groups is 1. The Bertz CT molecular complexity index is 1390. The molecule has 1 aromatic heterocycles. The molecule has 3 aromatic carbocycles. The summed E-state index contributed by atoms with van der Waals surface area (Å²) in [4.78, 5) is 20.6. The summed E-state index contributed by atoms with van der Waals surface area (Å²) in [5, 5.41) is 7.02. The molecule has 0 unspecified atom stereocenters. The van der Waals surface area contributed by atoms with Crippen LogP contribution in [0.4, 0.5) is 5.69 Å². The Hall–Kier alpha value is -3.77. The van der Waals surface area contributed by atoms with Gasteiger partial charge in [-0.05, 0) is 48.2 Å². The Morgan fingerprint density at radius 1 is 0.943 bits per heavy atom. The van der Waals surface area contributed by atoms with Gasteiger partial charge >= 0.3 is 0 Å². The van der Waals surface area contributed by atoms with Crippen LogP contribution in [0.15, 0.2) is 72.9 Å². The molecule has 6 nitrogen and oxygen atoms in total. The molecule has 1 saturated heterocycles. The van der Waals surface area contributed by atoms with Gasteiger partial charge in [0.15, 0.2) is 6.61 Å². The second-order valence-electron chi connectivity index (χ2n) is 9.25. The summed E-state index contributed by atoms with van der Waals surface area (Å²) in [6.07, 6.45) is 5.34. The van der Waals surface area contributed by atoms with Gasteiger partial charge in [-0.3, -0.25) is 4.79 Å². The third-order valence-electron chi connectivity index (χ3n) is 7.17. The molecule has 0 bridgehead atoms. The lowest BCUT2D eigenvalue weighted by molar-refractivity contribution is -0.133. The van der Waals surface area contributed by atoms with Crippen molar-refractivity contribution in [3.63, 3.8) is 0 Å². The lowest BCUT2D eigenvalue weighted by Crippen LogP contribution is -2.50. The largest absolute Gasteiger partial charge is 0.484 e. The monoisotopic (exact) mass is 466 g/mol. The van der Waals surface area contributed by atoms with Crippen LogP contribution in [0.5, 0.6) is 5.75 Å². The molecule has 0 spiro atoms. The molecular weight excluding hydrogens is 436 g/mol. The van der Waals surface area contributed by atoms with Crippen LogP contribution in [-0.4, -0.2) is 61.7 Å². The lowest BCUT2D eigenvalue weighted by Gasteiger charge is -2.36. The van der Waals surface area contributed by atoms with Gasteiger partial charge in [-0.25, -0.2) is 0 Å².